The predicted octanol–water partition coefficient (Wildman–Crippen LogP) is 10.3. The molecule has 0 aliphatic rings. The summed E-state index contributed by atoms with van der Waals surface area (Å²) in [7, 11) is 0. The average Bonchev–Trinajstić information content (AvgIpc) is 3.14. The summed E-state index contributed by atoms with van der Waals surface area (Å²) < 4.78 is 0. The summed E-state index contributed by atoms with van der Waals surface area (Å²) in [5, 5.41) is 8.40. The fourth-order valence-corrected chi connectivity index (χ4v) is 7.10. The number of carbonyl (C=O) groups is 3. The van der Waals surface area contributed by atoms with Crippen LogP contribution in [0.3, 0.4) is 0 Å². The monoisotopic (exact) mass is 736 g/mol. The largest absolute Gasteiger partial charge is 0.352 e. The predicted molar refractivity (Wildman–Crippen MR) is 223 cm³/mol. The standard InChI is InChI=1S/C44H89N5O3/c1-3-5-7-9-11-13-15-17-19-21-23-25-27-29-31-34-40(35-32-30-28-26-24-22-20-18-16-14-12-10-8-6-4-2)49-43(51)39-47-42(50)38-48-44(52)41(46)36-33-37-45/h40-41H,3-39,45-46H2,1-2H3,(H,47,50)(H,48,52)(H,49,51). The van der Waals surface area contributed by atoms with Crippen LogP contribution >= 0.6 is 0 Å². The van der Waals surface area contributed by atoms with E-state index in [9.17, 15) is 14.4 Å². The van der Waals surface area contributed by atoms with Crippen molar-refractivity contribution in [2.24, 2.45) is 11.5 Å². The average molecular weight is 736 g/mol. The van der Waals surface area contributed by atoms with Gasteiger partial charge in [-0.05, 0) is 32.2 Å². The van der Waals surface area contributed by atoms with Gasteiger partial charge in [-0.1, -0.05) is 206 Å². The summed E-state index contributed by atoms with van der Waals surface area (Å²) in [5.74, 6) is -0.928. The van der Waals surface area contributed by atoms with Gasteiger partial charge in [-0.15, -0.1) is 0 Å². The molecule has 0 saturated carbocycles. The highest BCUT2D eigenvalue weighted by Gasteiger charge is 2.16. The summed E-state index contributed by atoms with van der Waals surface area (Å²) in [6, 6.07) is -0.534. The van der Waals surface area contributed by atoms with Crippen LogP contribution in [0.5, 0.6) is 0 Å². The van der Waals surface area contributed by atoms with Crippen LogP contribution in [-0.4, -0.2) is 49.4 Å². The fraction of sp³-hybridized carbons (Fsp3) is 0.932. The van der Waals surface area contributed by atoms with Crippen molar-refractivity contribution in [3.63, 3.8) is 0 Å². The van der Waals surface area contributed by atoms with Crippen LogP contribution in [0.25, 0.3) is 0 Å². The van der Waals surface area contributed by atoms with E-state index in [0.29, 0.717) is 19.4 Å². The number of rotatable bonds is 41. The molecule has 0 saturated heterocycles. The molecule has 3 amide bonds. The van der Waals surface area contributed by atoms with E-state index in [0.717, 1.165) is 25.7 Å². The van der Waals surface area contributed by atoms with Crippen LogP contribution in [-0.2, 0) is 14.4 Å². The molecule has 52 heavy (non-hydrogen) atoms. The van der Waals surface area contributed by atoms with Crippen molar-refractivity contribution < 1.29 is 14.4 Å². The van der Waals surface area contributed by atoms with Gasteiger partial charge in [-0.25, -0.2) is 0 Å². The molecule has 0 heterocycles. The van der Waals surface area contributed by atoms with Crippen LogP contribution in [0, 0.1) is 0 Å². The minimum Gasteiger partial charge on any atom is -0.352 e. The molecule has 308 valence electrons. The first-order valence-corrected chi connectivity index (χ1v) is 22.7. The Hall–Kier alpha value is -1.67. The quantitative estimate of drug-likeness (QED) is 0.0398. The molecule has 0 bridgehead atoms. The van der Waals surface area contributed by atoms with Crippen molar-refractivity contribution in [1.29, 1.82) is 0 Å². The minimum absolute atomic E-state index is 0.0812. The highest BCUT2D eigenvalue weighted by molar-refractivity contribution is 5.89. The molecule has 0 rings (SSSR count). The molecule has 0 aromatic rings. The molecule has 0 radical (unpaired) electrons. The van der Waals surface area contributed by atoms with Crippen molar-refractivity contribution in [3.8, 4) is 0 Å². The van der Waals surface area contributed by atoms with Gasteiger partial charge in [0.15, 0.2) is 0 Å². The highest BCUT2D eigenvalue weighted by atomic mass is 16.2. The zero-order chi connectivity index (χ0) is 38.2. The molecule has 8 heteroatoms. The van der Waals surface area contributed by atoms with Gasteiger partial charge in [0.05, 0.1) is 19.1 Å². The number of carbonyl (C=O) groups excluding carboxylic acids is 3. The van der Waals surface area contributed by atoms with Crippen LogP contribution < -0.4 is 27.4 Å². The lowest BCUT2D eigenvalue weighted by Gasteiger charge is -2.19. The maximum Gasteiger partial charge on any atom is 0.239 e. The molecule has 0 fully saturated rings. The normalized spacial score (nSPS) is 11.9. The Morgan fingerprint density at radius 3 is 1.10 bits per heavy atom. The first kappa shape index (κ1) is 50.3. The van der Waals surface area contributed by atoms with Gasteiger partial charge in [-0.2, -0.15) is 0 Å². The Kier molecular flexibility index (Phi) is 39.2. The van der Waals surface area contributed by atoms with E-state index in [2.05, 4.69) is 29.8 Å². The minimum atomic E-state index is -0.681. The third-order valence-corrected chi connectivity index (χ3v) is 10.6. The molecule has 0 spiro atoms. The topological polar surface area (TPSA) is 139 Å². The van der Waals surface area contributed by atoms with E-state index in [1.807, 2.05) is 0 Å². The van der Waals surface area contributed by atoms with E-state index >= 15 is 0 Å². The second-order valence-corrected chi connectivity index (χ2v) is 15.8. The van der Waals surface area contributed by atoms with Gasteiger partial charge in [0.2, 0.25) is 17.7 Å². The molecule has 1 unspecified atom stereocenters. The molecule has 1 atom stereocenters. The van der Waals surface area contributed by atoms with E-state index in [1.54, 1.807) is 0 Å². The summed E-state index contributed by atoms with van der Waals surface area (Å²) in [5.41, 5.74) is 11.3. The first-order valence-electron chi connectivity index (χ1n) is 22.7. The van der Waals surface area contributed by atoms with E-state index in [-0.39, 0.29) is 30.9 Å². The van der Waals surface area contributed by atoms with Crippen molar-refractivity contribution in [2.45, 2.75) is 244 Å². The molecular weight excluding hydrogens is 647 g/mol. The Bertz CT molecular complexity index is 762. The van der Waals surface area contributed by atoms with Crippen molar-refractivity contribution in [2.75, 3.05) is 19.6 Å². The van der Waals surface area contributed by atoms with Gasteiger partial charge < -0.3 is 27.4 Å². The molecular formula is C44H89N5O3. The Morgan fingerprint density at radius 2 is 0.750 bits per heavy atom. The molecule has 8 nitrogen and oxygen atoms in total. The number of nitrogens with one attached hydrogen (secondary N) is 3. The zero-order valence-corrected chi connectivity index (χ0v) is 34.7. The van der Waals surface area contributed by atoms with Crippen LogP contribution in [0.1, 0.15) is 232 Å². The van der Waals surface area contributed by atoms with E-state index in [4.69, 9.17) is 11.5 Å². The molecule has 7 N–H and O–H groups in total. The maximum atomic E-state index is 12.8. The number of nitrogens with two attached hydrogens (primary N) is 2. The summed E-state index contributed by atoms with van der Waals surface area (Å²) >= 11 is 0. The van der Waals surface area contributed by atoms with Gasteiger partial charge in [0, 0.05) is 6.04 Å². The van der Waals surface area contributed by atoms with Gasteiger partial charge in [0.25, 0.3) is 0 Å². The Balaban J connectivity index is 4.27. The SMILES string of the molecule is CCCCCCCCCCCCCCCCCC(CCCCCCCCCCCCCCCCC)NC(=O)CNC(=O)CNC(=O)C(N)CCCN. The van der Waals surface area contributed by atoms with Gasteiger partial charge in [0.1, 0.15) is 0 Å². The molecule has 0 aromatic heterocycles. The smallest absolute Gasteiger partial charge is 0.239 e. The van der Waals surface area contributed by atoms with Crippen molar-refractivity contribution in [3.05, 3.63) is 0 Å². The molecule has 0 aromatic carbocycles. The lowest BCUT2D eigenvalue weighted by atomic mass is 9.99. The number of amides is 3. The number of hydrogen-bond donors (Lipinski definition) is 5. The second kappa shape index (κ2) is 40.5. The van der Waals surface area contributed by atoms with Crippen molar-refractivity contribution >= 4 is 17.7 Å². The van der Waals surface area contributed by atoms with Crippen LogP contribution in [0.2, 0.25) is 0 Å². The third kappa shape index (κ3) is 36.7. The fourth-order valence-electron chi connectivity index (χ4n) is 7.10. The molecule has 0 aliphatic carbocycles. The number of unbranched alkanes of at least 4 members (excludes halogenated alkanes) is 28. The Labute approximate surface area is 322 Å². The van der Waals surface area contributed by atoms with Crippen molar-refractivity contribution in [1.82, 2.24) is 16.0 Å². The first-order chi connectivity index (χ1) is 25.4. The zero-order valence-electron chi connectivity index (χ0n) is 34.7. The Morgan fingerprint density at radius 1 is 0.423 bits per heavy atom. The lowest BCUT2D eigenvalue weighted by molar-refractivity contribution is -0.128. The molecule has 0 aliphatic heterocycles. The van der Waals surface area contributed by atoms with Crippen LogP contribution in [0.15, 0.2) is 0 Å². The van der Waals surface area contributed by atoms with Gasteiger partial charge in [-0.3, -0.25) is 14.4 Å². The van der Waals surface area contributed by atoms with E-state index in [1.165, 1.54) is 180 Å². The lowest BCUT2D eigenvalue weighted by Crippen LogP contribution is -2.47. The second-order valence-electron chi connectivity index (χ2n) is 15.8. The summed E-state index contributed by atoms with van der Waals surface area (Å²) in [6.07, 6.45) is 43.5. The highest BCUT2D eigenvalue weighted by Crippen LogP contribution is 2.17. The van der Waals surface area contributed by atoms with E-state index < -0.39 is 11.9 Å². The summed E-state index contributed by atoms with van der Waals surface area (Å²) in [6.45, 7) is 4.76. The summed E-state index contributed by atoms with van der Waals surface area (Å²) in [4.78, 5) is 37.1. The third-order valence-electron chi connectivity index (χ3n) is 10.6. The maximum absolute atomic E-state index is 12.8. The number of hydrogen-bond acceptors (Lipinski definition) is 5. The van der Waals surface area contributed by atoms with Crippen LogP contribution in [0.4, 0.5) is 0 Å². The van der Waals surface area contributed by atoms with Gasteiger partial charge >= 0.3 is 0 Å².